The molecule has 0 aliphatic rings. The molecule has 0 aliphatic carbocycles. The second kappa shape index (κ2) is 6.19. The van der Waals surface area contributed by atoms with E-state index in [9.17, 15) is 14.9 Å². The molecule has 0 aliphatic heterocycles. The Kier molecular flexibility index (Phi) is 4.53. The first-order valence-electron chi connectivity index (χ1n) is 5.39. The minimum atomic E-state index is -1.21. The van der Waals surface area contributed by atoms with Crippen LogP contribution in [0.5, 0.6) is 11.6 Å². The van der Waals surface area contributed by atoms with Crippen LogP contribution in [0.15, 0.2) is 39.4 Å². The van der Waals surface area contributed by atoms with Crippen molar-refractivity contribution in [2.75, 3.05) is 0 Å². The third-order valence-corrected chi connectivity index (χ3v) is 3.39. The maximum Gasteiger partial charge on any atom is 0.335 e. The van der Waals surface area contributed by atoms with Gasteiger partial charge in [0, 0.05) is 22.8 Å². The summed E-state index contributed by atoms with van der Waals surface area (Å²) in [5, 5.41) is 19.9. The van der Waals surface area contributed by atoms with Crippen LogP contribution < -0.4 is 4.74 Å². The summed E-state index contributed by atoms with van der Waals surface area (Å²) in [5.74, 6) is -1.32. The molecule has 1 aromatic carbocycles. The summed E-state index contributed by atoms with van der Waals surface area (Å²) in [7, 11) is 0. The van der Waals surface area contributed by atoms with E-state index in [0.717, 1.165) is 18.2 Å². The van der Waals surface area contributed by atoms with Gasteiger partial charge in [-0.15, -0.1) is 0 Å². The number of nitrogens with zero attached hydrogens (tertiary/aromatic N) is 2. The Bertz CT molecular complexity index is 736. The van der Waals surface area contributed by atoms with Crippen LogP contribution in [0.1, 0.15) is 10.4 Å². The standard InChI is InChI=1S/C12H6Br2N2O5/c13-7-4-8(14)11(15-5-7)21-10-3-6(12(17)18)1-2-9(10)16(19)20/h1-5H,(H,17,18). The lowest BCUT2D eigenvalue weighted by Crippen LogP contribution is -2.00. The summed E-state index contributed by atoms with van der Waals surface area (Å²) in [6.07, 6.45) is 1.45. The lowest BCUT2D eigenvalue weighted by Gasteiger charge is -2.08. The Morgan fingerprint density at radius 3 is 2.62 bits per heavy atom. The van der Waals surface area contributed by atoms with Gasteiger partial charge in [0.25, 0.3) is 0 Å². The molecule has 0 fully saturated rings. The quantitative estimate of drug-likeness (QED) is 0.595. The monoisotopic (exact) mass is 416 g/mol. The minimum Gasteiger partial charge on any atom is -0.478 e. The SMILES string of the molecule is O=C(O)c1ccc([N+](=O)[O-])c(Oc2ncc(Br)cc2Br)c1. The van der Waals surface area contributed by atoms with Crippen molar-refractivity contribution in [3.05, 3.63) is 55.1 Å². The third kappa shape index (κ3) is 3.56. The largest absolute Gasteiger partial charge is 0.478 e. The summed E-state index contributed by atoms with van der Waals surface area (Å²) in [5.41, 5.74) is -0.472. The predicted molar refractivity (Wildman–Crippen MR) is 79.8 cm³/mol. The zero-order valence-corrected chi connectivity index (χ0v) is 13.3. The van der Waals surface area contributed by atoms with Gasteiger partial charge in [0.2, 0.25) is 11.6 Å². The Morgan fingerprint density at radius 2 is 2.05 bits per heavy atom. The number of rotatable bonds is 4. The second-order valence-corrected chi connectivity index (χ2v) is 5.56. The number of carboxylic acids is 1. The summed E-state index contributed by atoms with van der Waals surface area (Å²) >= 11 is 6.43. The first-order valence-corrected chi connectivity index (χ1v) is 6.97. The minimum absolute atomic E-state index is 0.0869. The average molecular weight is 418 g/mol. The fraction of sp³-hybridized carbons (Fsp3) is 0. The van der Waals surface area contributed by atoms with Crippen molar-refractivity contribution in [3.63, 3.8) is 0 Å². The Balaban J connectivity index is 2.48. The van der Waals surface area contributed by atoms with Crippen molar-refractivity contribution in [2.45, 2.75) is 0 Å². The normalized spacial score (nSPS) is 10.2. The van der Waals surface area contributed by atoms with E-state index in [0.29, 0.717) is 8.95 Å². The van der Waals surface area contributed by atoms with Gasteiger partial charge in [-0.2, -0.15) is 0 Å². The molecule has 1 aromatic heterocycles. The molecule has 108 valence electrons. The molecule has 1 N–H and O–H groups in total. The van der Waals surface area contributed by atoms with Gasteiger partial charge in [-0.05, 0) is 44.0 Å². The van der Waals surface area contributed by atoms with Crippen LogP contribution >= 0.6 is 31.9 Å². The van der Waals surface area contributed by atoms with Crippen LogP contribution in [0.4, 0.5) is 5.69 Å². The number of aromatic nitrogens is 1. The molecule has 0 spiro atoms. The van der Waals surface area contributed by atoms with E-state index in [4.69, 9.17) is 9.84 Å². The number of halogens is 2. The van der Waals surface area contributed by atoms with Crippen molar-refractivity contribution in [2.24, 2.45) is 0 Å². The van der Waals surface area contributed by atoms with Gasteiger partial charge < -0.3 is 9.84 Å². The fourth-order valence-electron chi connectivity index (χ4n) is 1.46. The molecule has 0 amide bonds. The van der Waals surface area contributed by atoms with E-state index in [1.165, 1.54) is 6.20 Å². The summed E-state index contributed by atoms with van der Waals surface area (Å²) in [6.45, 7) is 0. The molecule has 2 aromatic rings. The zero-order chi connectivity index (χ0) is 15.6. The Labute approximate surface area is 135 Å². The van der Waals surface area contributed by atoms with Crippen molar-refractivity contribution in [1.29, 1.82) is 0 Å². The highest BCUT2D eigenvalue weighted by Crippen LogP contribution is 2.35. The van der Waals surface area contributed by atoms with Crippen LogP contribution in [0, 0.1) is 10.1 Å². The van der Waals surface area contributed by atoms with E-state index in [2.05, 4.69) is 36.8 Å². The van der Waals surface area contributed by atoms with Crippen LogP contribution in [0.25, 0.3) is 0 Å². The molecule has 9 heteroatoms. The molecule has 0 radical (unpaired) electrons. The molecule has 0 saturated heterocycles. The number of hydrogen-bond donors (Lipinski definition) is 1. The van der Waals surface area contributed by atoms with Crippen LogP contribution in [0.2, 0.25) is 0 Å². The van der Waals surface area contributed by atoms with Crippen LogP contribution in [-0.2, 0) is 0 Å². The number of ether oxygens (including phenoxy) is 1. The molecule has 1 heterocycles. The molecule has 7 nitrogen and oxygen atoms in total. The van der Waals surface area contributed by atoms with E-state index in [1.807, 2.05) is 0 Å². The molecule has 0 bridgehead atoms. The topological polar surface area (TPSA) is 103 Å². The molecular formula is C12H6Br2N2O5. The third-order valence-electron chi connectivity index (χ3n) is 2.38. The predicted octanol–water partition coefficient (Wildman–Crippen LogP) is 4.01. The van der Waals surface area contributed by atoms with Crippen molar-refractivity contribution in [3.8, 4) is 11.6 Å². The molecule has 21 heavy (non-hydrogen) atoms. The average Bonchev–Trinajstić information content (AvgIpc) is 2.41. The van der Waals surface area contributed by atoms with E-state index in [1.54, 1.807) is 6.07 Å². The maximum atomic E-state index is 11.0. The Morgan fingerprint density at radius 1 is 1.33 bits per heavy atom. The van der Waals surface area contributed by atoms with E-state index >= 15 is 0 Å². The number of nitro groups is 1. The zero-order valence-electron chi connectivity index (χ0n) is 10.1. The fourth-order valence-corrected chi connectivity index (χ4v) is 2.53. The maximum absolute atomic E-state index is 11.0. The molecular weight excluding hydrogens is 412 g/mol. The lowest BCUT2D eigenvalue weighted by molar-refractivity contribution is -0.385. The molecule has 0 atom stereocenters. The Hall–Kier alpha value is -2.00. The van der Waals surface area contributed by atoms with E-state index < -0.39 is 10.9 Å². The highest BCUT2D eigenvalue weighted by Gasteiger charge is 2.20. The summed E-state index contributed by atoms with van der Waals surface area (Å²) in [4.78, 5) is 25.2. The van der Waals surface area contributed by atoms with Gasteiger partial charge >= 0.3 is 11.7 Å². The second-order valence-electron chi connectivity index (χ2n) is 3.79. The van der Waals surface area contributed by atoms with Gasteiger partial charge in [0.1, 0.15) is 0 Å². The smallest absolute Gasteiger partial charge is 0.335 e. The number of carboxylic acid groups (broad SMARTS) is 1. The van der Waals surface area contributed by atoms with Gasteiger partial charge in [0.15, 0.2) is 0 Å². The van der Waals surface area contributed by atoms with Gasteiger partial charge in [-0.3, -0.25) is 10.1 Å². The summed E-state index contributed by atoms with van der Waals surface area (Å²) in [6, 6.07) is 4.94. The summed E-state index contributed by atoms with van der Waals surface area (Å²) < 4.78 is 6.52. The van der Waals surface area contributed by atoms with Gasteiger partial charge in [-0.1, -0.05) is 0 Å². The highest BCUT2D eigenvalue weighted by atomic mass is 79.9. The number of benzene rings is 1. The van der Waals surface area contributed by atoms with Gasteiger partial charge in [0.05, 0.1) is 15.0 Å². The first-order chi connectivity index (χ1) is 9.88. The number of aromatic carboxylic acids is 1. The number of nitro benzene ring substituents is 1. The molecule has 2 rings (SSSR count). The van der Waals surface area contributed by atoms with Crippen molar-refractivity contribution < 1.29 is 19.6 Å². The van der Waals surface area contributed by atoms with Crippen molar-refractivity contribution in [1.82, 2.24) is 4.98 Å². The molecule has 0 unspecified atom stereocenters. The number of hydrogen-bond acceptors (Lipinski definition) is 5. The van der Waals surface area contributed by atoms with Crippen LogP contribution in [0.3, 0.4) is 0 Å². The first kappa shape index (κ1) is 15.4. The van der Waals surface area contributed by atoms with Crippen molar-refractivity contribution >= 4 is 43.5 Å². The van der Waals surface area contributed by atoms with Crippen LogP contribution in [-0.4, -0.2) is 21.0 Å². The number of carbonyl (C=O) groups is 1. The van der Waals surface area contributed by atoms with E-state index in [-0.39, 0.29) is 22.9 Å². The molecule has 0 saturated carbocycles. The lowest BCUT2D eigenvalue weighted by atomic mass is 10.2. The number of pyridine rings is 1. The highest BCUT2D eigenvalue weighted by molar-refractivity contribution is 9.11. The van der Waals surface area contributed by atoms with Gasteiger partial charge in [-0.25, -0.2) is 9.78 Å².